The average molecular weight is 291 g/mol. The Labute approximate surface area is 115 Å². The maximum absolute atomic E-state index is 11.4. The van der Waals surface area contributed by atoms with Crippen molar-refractivity contribution in [3.63, 3.8) is 0 Å². The molecule has 6 heteroatoms. The molecule has 104 valence electrons. The summed E-state index contributed by atoms with van der Waals surface area (Å²) in [4.78, 5) is 11.2. The summed E-state index contributed by atoms with van der Waals surface area (Å²) in [6.07, 6.45) is 4.00. The van der Waals surface area contributed by atoms with E-state index in [4.69, 9.17) is 0 Å². The average Bonchev–Trinajstić information content (AvgIpc) is 2.23. The van der Waals surface area contributed by atoms with E-state index in [9.17, 15) is 13.2 Å². The molecule has 0 radical (unpaired) electrons. The minimum atomic E-state index is -3.26. The highest BCUT2D eigenvalue weighted by Gasteiger charge is 2.18. The molecule has 0 aromatic heterocycles. The first-order valence-electron chi connectivity index (χ1n) is 5.64. The maximum atomic E-state index is 11.4. The second-order valence-electron chi connectivity index (χ2n) is 4.68. The molecule has 1 amide bonds. The molecule has 0 spiro atoms. The number of thiol groups is 1. The van der Waals surface area contributed by atoms with Crippen LogP contribution in [-0.2, 0) is 14.6 Å². The van der Waals surface area contributed by atoms with E-state index in [1.54, 1.807) is 6.08 Å². The fourth-order valence-corrected chi connectivity index (χ4v) is 2.05. The van der Waals surface area contributed by atoms with Gasteiger partial charge in [0.1, 0.15) is 4.58 Å². The van der Waals surface area contributed by atoms with Crippen molar-refractivity contribution in [2.24, 2.45) is 0 Å². The molecule has 0 saturated heterocycles. The van der Waals surface area contributed by atoms with Crippen LogP contribution in [0.2, 0.25) is 0 Å². The zero-order valence-corrected chi connectivity index (χ0v) is 12.7. The first-order valence-corrected chi connectivity index (χ1v) is 7.76. The Kier molecular flexibility index (Phi) is 6.70. The smallest absolute Gasteiger partial charge is 0.243 e. The van der Waals surface area contributed by atoms with Gasteiger partial charge in [0.05, 0.1) is 0 Å². The predicted octanol–water partition coefficient (Wildman–Crippen LogP) is 2.05. The van der Waals surface area contributed by atoms with Crippen LogP contribution >= 0.6 is 12.6 Å². The SMILES string of the molecule is C=CC(=O)NC(C)(C)CC/C=C/S(=O)(=O)C(C)S. The van der Waals surface area contributed by atoms with Crippen LogP contribution in [0.3, 0.4) is 0 Å². The third kappa shape index (κ3) is 6.86. The molecule has 1 N–H and O–H groups in total. The number of hydrogen-bond acceptors (Lipinski definition) is 4. The first kappa shape index (κ1) is 17.2. The van der Waals surface area contributed by atoms with Gasteiger partial charge in [-0.3, -0.25) is 4.79 Å². The van der Waals surface area contributed by atoms with E-state index in [-0.39, 0.29) is 5.91 Å². The molecule has 0 aliphatic rings. The largest absolute Gasteiger partial charge is 0.348 e. The molecule has 0 fully saturated rings. The number of hydrogen-bond donors (Lipinski definition) is 2. The molecule has 0 heterocycles. The standard InChI is InChI=1S/C12H21NO3S2/c1-5-11(14)13-12(3,4)8-6-7-9-18(15,16)10(2)17/h5,7,9-10,17H,1,6,8H2,2-4H3,(H,13,14)/b9-7+. The first-order chi connectivity index (χ1) is 8.10. The lowest BCUT2D eigenvalue weighted by Crippen LogP contribution is -2.42. The van der Waals surface area contributed by atoms with Gasteiger partial charge in [0.2, 0.25) is 5.91 Å². The van der Waals surface area contributed by atoms with Crippen molar-refractivity contribution in [1.29, 1.82) is 0 Å². The quantitative estimate of drug-likeness (QED) is 0.557. The lowest BCUT2D eigenvalue weighted by Gasteiger charge is -2.24. The van der Waals surface area contributed by atoms with Crippen LogP contribution in [0, 0.1) is 0 Å². The van der Waals surface area contributed by atoms with Crippen molar-refractivity contribution in [2.45, 2.75) is 43.7 Å². The van der Waals surface area contributed by atoms with E-state index in [1.807, 2.05) is 13.8 Å². The van der Waals surface area contributed by atoms with Crippen molar-refractivity contribution in [2.75, 3.05) is 0 Å². The molecule has 0 aliphatic carbocycles. The molecule has 4 nitrogen and oxygen atoms in total. The van der Waals surface area contributed by atoms with E-state index in [2.05, 4.69) is 24.5 Å². The zero-order valence-electron chi connectivity index (χ0n) is 11.0. The Morgan fingerprint density at radius 2 is 2.06 bits per heavy atom. The summed E-state index contributed by atoms with van der Waals surface area (Å²) in [7, 11) is -3.26. The van der Waals surface area contributed by atoms with Crippen molar-refractivity contribution in [1.82, 2.24) is 5.32 Å². The normalized spacial score (nSPS) is 14.4. The molecule has 1 atom stereocenters. The Morgan fingerprint density at radius 3 is 2.50 bits per heavy atom. The molecular weight excluding hydrogens is 270 g/mol. The minimum Gasteiger partial charge on any atom is -0.348 e. The molecule has 0 aliphatic heterocycles. The fourth-order valence-electron chi connectivity index (χ4n) is 1.21. The van der Waals surface area contributed by atoms with Crippen LogP contribution in [0.4, 0.5) is 0 Å². The van der Waals surface area contributed by atoms with Gasteiger partial charge in [0.15, 0.2) is 9.84 Å². The number of amides is 1. The molecule has 0 rings (SSSR count). The summed E-state index contributed by atoms with van der Waals surface area (Å²) in [6, 6.07) is 0. The van der Waals surface area contributed by atoms with Crippen LogP contribution in [0.25, 0.3) is 0 Å². The number of rotatable bonds is 7. The fraction of sp³-hybridized carbons (Fsp3) is 0.583. The monoisotopic (exact) mass is 291 g/mol. The summed E-state index contributed by atoms with van der Waals surface area (Å²) in [5.41, 5.74) is -0.397. The Hall–Kier alpha value is -0.750. The lowest BCUT2D eigenvalue weighted by atomic mass is 9.98. The third-order valence-electron chi connectivity index (χ3n) is 2.34. The van der Waals surface area contributed by atoms with Crippen LogP contribution in [0.5, 0.6) is 0 Å². The second kappa shape index (κ2) is 6.99. The third-order valence-corrected chi connectivity index (χ3v) is 4.75. The maximum Gasteiger partial charge on any atom is 0.243 e. The van der Waals surface area contributed by atoms with Crippen LogP contribution in [0.15, 0.2) is 24.1 Å². The van der Waals surface area contributed by atoms with Gasteiger partial charge < -0.3 is 5.32 Å². The van der Waals surface area contributed by atoms with Gasteiger partial charge >= 0.3 is 0 Å². The summed E-state index contributed by atoms with van der Waals surface area (Å²) in [5, 5.41) is 3.95. The number of carbonyl (C=O) groups excluding carboxylic acids is 1. The number of allylic oxidation sites excluding steroid dienone is 1. The summed E-state index contributed by atoms with van der Waals surface area (Å²) >= 11 is 3.89. The van der Waals surface area contributed by atoms with Gasteiger partial charge in [-0.25, -0.2) is 8.42 Å². The summed E-state index contributed by atoms with van der Waals surface area (Å²) in [5.74, 6) is -0.236. The van der Waals surface area contributed by atoms with Crippen LogP contribution in [-0.4, -0.2) is 24.4 Å². The van der Waals surface area contributed by atoms with E-state index >= 15 is 0 Å². The van der Waals surface area contributed by atoms with Gasteiger partial charge in [-0.1, -0.05) is 12.7 Å². The summed E-state index contributed by atoms with van der Waals surface area (Å²) in [6.45, 7) is 8.64. The molecule has 0 saturated carbocycles. The topological polar surface area (TPSA) is 63.2 Å². The summed E-state index contributed by atoms with van der Waals surface area (Å²) < 4.78 is 22.2. The van der Waals surface area contributed by atoms with E-state index < -0.39 is 20.0 Å². The molecular formula is C12H21NO3S2. The highest BCUT2D eigenvalue weighted by molar-refractivity contribution is 8.06. The highest BCUT2D eigenvalue weighted by Crippen LogP contribution is 2.13. The van der Waals surface area contributed by atoms with Gasteiger partial charge in [0, 0.05) is 10.9 Å². The van der Waals surface area contributed by atoms with Crippen molar-refractivity contribution in [3.8, 4) is 0 Å². The molecule has 0 aromatic rings. The van der Waals surface area contributed by atoms with Gasteiger partial charge in [0.25, 0.3) is 0 Å². The van der Waals surface area contributed by atoms with Gasteiger partial charge in [-0.2, -0.15) is 12.6 Å². The minimum absolute atomic E-state index is 0.236. The van der Waals surface area contributed by atoms with Crippen LogP contribution in [0.1, 0.15) is 33.6 Å². The van der Waals surface area contributed by atoms with E-state index in [1.165, 1.54) is 18.4 Å². The van der Waals surface area contributed by atoms with Crippen molar-refractivity contribution < 1.29 is 13.2 Å². The van der Waals surface area contributed by atoms with E-state index in [0.717, 1.165) is 0 Å². The number of nitrogens with one attached hydrogen (secondary N) is 1. The zero-order chi connectivity index (χ0) is 14.4. The predicted molar refractivity (Wildman–Crippen MR) is 78.2 cm³/mol. The second-order valence-corrected chi connectivity index (χ2v) is 7.96. The van der Waals surface area contributed by atoms with Gasteiger partial charge in [-0.15, -0.1) is 0 Å². The van der Waals surface area contributed by atoms with Crippen molar-refractivity contribution in [3.05, 3.63) is 24.1 Å². The van der Waals surface area contributed by atoms with Crippen molar-refractivity contribution >= 4 is 28.4 Å². The Morgan fingerprint density at radius 1 is 1.50 bits per heavy atom. The molecule has 0 bridgehead atoms. The highest BCUT2D eigenvalue weighted by atomic mass is 32.2. The number of sulfone groups is 1. The molecule has 18 heavy (non-hydrogen) atoms. The molecule has 0 aromatic carbocycles. The van der Waals surface area contributed by atoms with E-state index in [0.29, 0.717) is 12.8 Å². The van der Waals surface area contributed by atoms with Crippen LogP contribution < -0.4 is 5.32 Å². The molecule has 1 unspecified atom stereocenters. The Bertz CT molecular complexity index is 423. The lowest BCUT2D eigenvalue weighted by molar-refractivity contribution is -0.118. The number of carbonyl (C=O) groups is 1. The Balaban J connectivity index is 4.31. The van der Waals surface area contributed by atoms with Gasteiger partial charge in [-0.05, 0) is 39.7 Å².